The van der Waals surface area contributed by atoms with Crippen molar-refractivity contribution in [3.63, 3.8) is 0 Å². The van der Waals surface area contributed by atoms with Crippen LogP contribution in [0, 0.1) is 0 Å². The Morgan fingerprint density at radius 1 is 1.50 bits per heavy atom. The maximum Gasteiger partial charge on any atom is 0.317 e. The number of aromatic nitrogens is 1. The number of hydrogen-bond donors (Lipinski definition) is 2. The molecule has 1 aliphatic heterocycles. The van der Waals surface area contributed by atoms with Crippen LogP contribution in [0.2, 0.25) is 0 Å². The van der Waals surface area contributed by atoms with E-state index in [9.17, 15) is 9.90 Å². The Morgan fingerprint density at radius 2 is 2.23 bits per heavy atom. The first kappa shape index (κ1) is 16.5. The van der Waals surface area contributed by atoms with Crippen LogP contribution in [-0.4, -0.2) is 53.8 Å². The summed E-state index contributed by atoms with van der Waals surface area (Å²) in [6.07, 6.45) is 4.43. The van der Waals surface area contributed by atoms with Crippen molar-refractivity contribution in [1.82, 2.24) is 15.2 Å². The van der Waals surface area contributed by atoms with E-state index in [2.05, 4.69) is 15.2 Å². The average molecular weight is 306 g/mol. The molecule has 1 aliphatic rings. The van der Waals surface area contributed by atoms with Gasteiger partial charge < -0.3 is 20.2 Å². The van der Waals surface area contributed by atoms with Crippen LogP contribution in [0.5, 0.6) is 0 Å². The minimum Gasteiger partial charge on any atom is -0.393 e. The van der Waals surface area contributed by atoms with Gasteiger partial charge in [-0.05, 0) is 43.9 Å². The number of carbonyl (C=O) groups excluding carboxylic acids is 1. The van der Waals surface area contributed by atoms with Gasteiger partial charge in [-0.15, -0.1) is 0 Å². The van der Waals surface area contributed by atoms with Gasteiger partial charge in [0, 0.05) is 39.4 Å². The van der Waals surface area contributed by atoms with Crippen LogP contribution >= 0.6 is 0 Å². The summed E-state index contributed by atoms with van der Waals surface area (Å²) in [5.74, 6) is 0.992. The maximum absolute atomic E-state index is 12.0. The summed E-state index contributed by atoms with van der Waals surface area (Å²) in [4.78, 5) is 20.3. The molecule has 1 saturated heterocycles. The molecule has 1 atom stereocenters. The molecular formula is C16H26N4O2. The van der Waals surface area contributed by atoms with Crippen molar-refractivity contribution in [2.45, 2.75) is 38.8 Å². The number of rotatable bonds is 6. The van der Waals surface area contributed by atoms with Crippen LogP contribution in [-0.2, 0) is 6.54 Å². The molecule has 0 aliphatic carbocycles. The van der Waals surface area contributed by atoms with Gasteiger partial charge in [-0.2, -0.15) is 0 Å². The number of nitrogens with one attached hydrogen (secondary N) is 1. The van der Waals surface area contributed by atoms with Crippen molar-refractivity contribution in [3.8, 4) is 0 Å². The molecule has 1 fully saturated rings. The number of hydrogen-bond acceptors (Lipinski definition) is 4. The number of anilines is 1. The van der Waals surface area contributed by atoms with E-state index >= 15 is 0 Å². The molecule has 0 radical (unpaired) electrons. The molecule has 1 unspecified atom stereocenters. The van der Waals surface area contributed by atoms with E-state index in [1.165, 1.54) is 12.8 Å². The molecule has 1 aromatic rings. The van der Waals surface area contributed by atoms with Crippen molar-refractivity contribution in [2.24, 2.45) is 0 Å². The van der Waals surface area contributed by atoms with E-state index in [1.807, 2.05) is 12.1 Å². The molecule has 0 saturated carbocycles. The molecule has 0 bridgehead atoms. The number of amides is 2. The Morgan fingerprint density at radius 3 is 2.91 bits per heavy atom. The van der Waals surface area contributed by atoms with E-state index in [4.69, 9.17) is 0 Å². The highest BCUT2D eigenvalue weighted by Gasteiger charge is 2.14. The van der Waals surface area contributed by atoms with Crippen molar-refractivity contribution in [2.75, 3.05) is 31.6 Å². The Kier molecular flexibility index (Phi) is 6.00. The Bertz CT molecular complexity index is 487. The van der Waals surface area contributed by atoms with Gasteiger partial charge in [-0.1, -0.05) is 0 Å². The molecule has 22 heavy (non-hydrogen) atoms. The first-order valence-corrected chi connectivity index (χ1v) is 7.93. The fourth-order valence-corrected chi connectivity index (χ4v) is 2.48. The summed E-state index contributed by atoms with van der Waals surface area (Å²) in [5.41, 5.74) is 1.05. The van der Waals surface area contributed by atoms with Crippen LogP contribution in [0.15, 0.2) is 18.3 Å². The molecule has 0 aromatic carbocycles. The largest absolute Gasteiger partial charge is 0.393 e. The number of nitrogens with zero attached hydrogens (tertiary/aromatic N) is 3. The average Bonchev–Trinajstić information content (AvgIpc) is 3.05. The summed E-state index contributed by atoms with van der Waals surface area (Å²) in [7, 11) is 1.74. The minimum absolute atomic E-state index is 0.125. The summed E-state index contributed by atoms with van der Waals surface area (Å²) in [6, 6.07) is 3.84. The highest BCUT2D eigenvalue weighted by Crippen LogP contribution is 2.18. The van der Waals surface area contributed by atoms with Crippen molar-refractivity contribution >= 4 is 11.8 Å². The van der Waals surface area contributed by atoms with E-state index in [1.54, 1.807) is 25.1 Å². The number of urea groups is 1. The molecule has 2 heterocycles. The Hall–Kier alpha value is -1.82. The lowest BCUT2D eigenvalue weighted by molar-refractivity contribution is 0.163. The third kappa shape index (κ3) is 4.87. The molecule has 122 valence electrons. The first-order chi connectivity index (χ1) is 10.6. The molecule has 6 nitrogen and oxygen atoms in total. The standard InChI is InChI=1S/C16H26N4O2/c1-13(21)6-10-19(2)16(22)18-12-14-5-7-17-15(11-14)20-8-3-4-9-20/h5,7,11,13,21H,3-4,6,8-10,12H2,1-2H3,(H,18,22). The molecule has 1 aromatic heterocycles. The highest BCUT2D eigenvalue weighted by atomic mass is 16.3. The smallest absolute Gasteiger partial charge is 0.317 e. The van der Waals surface area contributed by atoms with E-state index in [-0.39, 0.29) is 6.03 Å². The second-order valence-electron chi connectivity index (χ2n) is 5.93. The normalized spacial score (nSPS) is 15.7. The quantitative estimate of drug-likeness (QED) is 0.837. The van der Waals surface area contributed by atoms with E-state index < -0.39 is 6.10 Å². The zero-order valence-electron chi connectivity index (χ0n) is 13.5. The minimum atomic E-state index is -0.390. The first-order valence-electron chi connectivity index (χ1n) is 7.93. The van der Waals surface area contributed by atoms with Crippen LogP contribution in [0.4, 0.5) is 10.6 Å². The van der Waals surface area contributed by atoms with Crippen molar-refractivity contribution in [3.05, 3.63) is 23.9 Å². The lowest BCUT2D eigenvalue weighted by atomic mass is 10.2. The number of carbonyl (C=O) groups is 1. The summed E-state index contributed by atoms with van der Waals surface area (Å²) in [6.45, 7) is 4.87. The van der Waals surface area contributed by atoms with Gasteiger partial charge in [0.25, 0.3) is 0 Å². The molecule has 2 amide bonds. The SMILES string of the molecule is CC(O)CCN(C)C(=O)NCc1ccnc(N2CCCC2)c1. The second-order valence-corrected chi connectivity index (χ2v) is 5.93. The van der Waals surface area contributed by atoms with Gasteiger partial charge in [0.2, 0.25) is 0 Å². The zero-order valence-corrected chi connectivity index (χ0v) is 13.5. The van der Waals surface area contributed by atoms with E-state index in [0.29, 0.717) is 19.5 Å². The van der Waals surface area contributed by atoms with Gasteiger partial charge in [-0.3, -0.25) is 0 Å². The van der Waals surface area contributed by atoms with Crippen LogP contribution in [0.3, 0.4) is 0 Å². The summed E-state index contributed by atoms with van der Waals surface area (Å²) < 4.78 is 0. The van der Waals surface area contributed by atoms with Crippen molar-refractivity contribution < 1.29 is 9.90 Å². The fourth-order valence-electron chi connectivity index (χ4n) is 2.48. The predicted molar refractivity (Wildman–Crippen MR) is 86.8 cm³/mol. The topological polar surface area (TPSA) is 68.7 Å². The monoisotopic (exact) mass is 306 g/mol. The lowest BCUT2D eigenvalue weighted by Crippen LogP contribution is -2.38. The fraction of sp³-hybridized carbons (Fsp3) is 0.625. The van der Waals surface area contributed by atoms with Crippen molar-refractivity contribution in [1.29, 1.82) is 0 Å². The predicted octanol–water partition coefficient (Wildman–Crippen LogP) is 1.59. The zero-order chi connectivity index (χ0) is 15.9. The van der Waals surface area contributed by atoms with Crippen LogP contribution in [0.25, 0.3) is 0 Å². The van der Waals surface area contributed by atoms with Crippen LogP contribution in [0.1, 0.15) is 31.7 Å². The van der Waals surface area contributed by atoms with Gasteiger partial charge in [-0.25, -0.2) is 9.78 Å². The van der Waals surface area contributed by atoms with Gasteiger partial charge in [0.15, 0.2) is 0 Å². The summed E-state index contributed by atoms with van der Waals surface area (Å²) in [5, 5.41) is 12.2. The van der Waals surface area contributed by atoms with E-state index in [0.717, 1.165) is 24.5 Å². The Balaban J connectivity index is 1.83. The number of pyridine rings is 1. The highest BCUT2D eigenvalue weighted by molar-refractivity contribution is 5.73. The second kappa shape index (κ2) is 7.98. The molecular weight excluding hydrogens is 280 g/mol. The molecule has 0 spiro atoms. The Labute approximate surface area is 132 Å². The number of aliphatic hydroxyl groups is 1. The molecule has 2 rings (SSSR count). The van der Waals surface area contributed by atoms with Crippen LogP contribution < -0.4 is 10.2 Å². The van der Waals surface area contributed by atoms with Gasteiger partial charge >= 0.3 is 6.03 Å². The van der Waals surface area contributed by atoms with Gasteiger partial charge in [0.05, 0.1) is 6.10 Å². The third-order valence-electron chi connectivity index (χ3n) is 3.91. The molecule has 2 N–H and O–H groups in total. The molecule has 6 heteroatoms. The number of aliphatic hydroxyl groups excluding tert-OH is 1. The summed E-state index contributed by atoms with van der Waals surface area (Å²) >= 11 is 0. The lowest BCUT2D eigenvalue weighted by Gasteiger charge is -2.19. The van der Waals surface area contributed by atoms with Gasteiger partial charge in [0.1, 0.15) is 5.82 Å². The third-order valence-corrected chi connectivity index (χ3v) is 3.91. The maximum atomic E-state index is 12.0.